The first kappa shape index (κ1) is 20.2. The summed E-state index contributed by atoms with van der Waals surface area (Å²) in [7, 11) is 1.30. The van der Waals surface area contributed by atoms with Gasteiger partial charge in [0, 0.05) is 16.5 Å². The van der Waals surface area contributed by atoms with Crippen molar-refractivity contribution in [3.05, 3.63) is 63.7 Å². The fraction of sp³-hybridized carbons (Fsp3) is 0.222. The lowest BCUT2D eigenvalue weighted by atomic mass is 10.1. The smallest absolute Gasteiger partial charge is 0.325 e. The lowest BCUT2D eigenvalue weighted by molar-refractivity contribution is -0.385. The van der Waals surface area contributed by atoms with Crippen LogP contribution in [0.25, 0.3) is 0 Å². The Morgan fingerprint density at radius 2 is 1.89 bits per heavy atom. The van der Waals surface area contributed by atoms with Crippen molar-refractivity contribution in [1.29, 1.82) is 0 Å². The van der Waals surface area contributed by atoms with Crippen molar-refractivity contribution in [2.24, 2.45) is 0 Å². The minimum absolute atomic E-state index is 0.0444. The van der Waals surface area contributed by atoms with E-state index in [-0.39, 0.29) is 30.2 Å². The zero-order valence-electron chi connectivity index (χ0n) is 14.8. The van der Waals surface area contributed by atoms with E-state index in [2.05, 4.69) is 5.32 Å². The number of nitrogens with one attached hydrogen (secondary N) is 1. The van der Waals surface area contributed by atoms with Crippen LogP contribution in [0, 0.1) is 10.1 Å². The molecule has 0 fully saturated rings. The number of esters is 1. The third-order valence-electron chi connectivity index (χ3n) is 3.59. The number of nitrogens with zero attached hydrogens (tertiary/aromatic N) is 1. The van der Waals surface area contributed by atoms with Crippen LogP contribution in [-0.2, 0) is 16.1 Å². The molecule has 0 aliphatic rings. The molecule has 9 heteroatoms. The molecule has 142 valence electrons. The van der Waals surface area contributed by atoms with E-state index in [0.29, 0.717) is 0 Å². The van der Waals surface area contributed by atoms with Gasteiger partial charge >= 0.3 is 11.7 Å². The summed E-state index contributed by atoms with van der Waals surface area (Å²) in [5, 5.41) is 13.4. The third-order valence-corrected chi connectivity index (χ3v) is 4.33. The van der Waals surface area contributed by atoms with Gasteiger partial charge in [0.1, 0.15) is 13.2 Å². The van der Waals surface area contributed by atoms with Crippen molar-refractivity contribution >= 4 is 29.3 Å². The average molecular weight is 390 g/mol. The van der Waals surface area contributed by atoms with Gasteiger partial charge in [-0.25, -0.2) is 0 Å². The lowest BCUT2D eigenvalue weighted by Gasteiger charge is -2.08. The Morgan fingerprint density at radius 3 is 2.48 bits per heavy atom. The number of nitro benzene ring substituents is 1. The van der Waals surface area contributed by atoms with Crippen LogP contribution in [0.2, 0.25) is 0 Å². The molecule has 0 aliphatic carbocycles. The van der Waals surface area contributed by atoms with Gasteiger partial charge in [0.05, 0.1) is 12.0 Å². The van der Waals surface area contributed by atoms with E-state index in [4.69, 9.17) is 9.47 Å². The maximum absolute atomic E-state index is 12.1. The second-order valence-corrected chi connectivity index (χ2v) is 6.21. The summed E-state index contributed by atoms with van der Waals surface area (Å²) < 4.78 is 9.98. The first-order valence-electron chi connectivity index (χ1n) is 7.83. The number of thioether (sulfide) groups is 1. The Labute approximate surface area is 160 Å². The van der Waals surface area contributed by atoms with Crippen LogP contribution in [0.3, 0.4) is 0 Å². The Hall–Kier alpha value is -3.07. The molecular weight excluding hydrogens is 372 g/mol. The molecule has 8 nitrogen and oxygen atoms in total. The molecule has 2 aromatic carbocycles. The molecular formula is C18H18N2O6S. The van der Waals surface area contributed by atoms with Crippen molar-refractivity contribution in [3.63, 3.8) is 0 Å². The molecule has 0 aromatic heterocycles. The number of carbonyl (C=O) groups is 2. The van der Waals surface area contributed by atoms with Crippen LogP contribution in [0.5, 0.6) is 5.75 Å². The van der Waals surface area contributed by atoms with E-state index < -0.39 is 16.8 Å². The van der Waals surface area contributed by atoms with Crippen LogP contribution in [-0.4, -0.2) is 36.7 Å². The quantitative estimate of drug-likeness (QED) is 0.319. The van der Waals surface area contributed by atoms with E-state index in [0.717, 1.165) is 16.5 Å². The number of carbonyl (C=O) groups excluding carboxylic acids is 2. The molecule has 0 unspecified atom stereocenters. The highest BCUT2D eigenvalue weighted by Crippen LogP contribution is 2.27. The highest BCUT2D eigenvalue weighted by molar-refractivity contribution is 7.98. The van der Waals surface area contributed by atoms with Gasteiger partial charge in [-0.2, -0.15) is 0 Å². The molecule has 0 saturated heterocycles. The summed E-state index contributed by atoms with van der Waals surface area (Å²) in [4.78, 5) is 35.3. The van der Waals surface area contributed by atoms with Gasteiger partial charge in [0.25, 0.3) is 5.91 Å². The van der Waals surface area contributed by atoms with Gasteiger partial charge in [-0.15, -0.1) is 11.8 Å². The second-order valence-electron chi connectivity index (χ2n) is 5.34. The zero-order chi connectivity index (χ0) is 19.8. The molecule has 1 amide bonds. The molecule has 1 N–H and O–H groups in total. The number of hydrogen-bond donors (Lipinski definition) is 1. The molecule has 0 aliphatic heterocycles. The number of amides is 1. The SMILES string of the molecule is COc1ccc(C(=O)NCC(=O)OCc2ccc(SC)cc2)cc1[N+](=O)[O-]. The normalized spacial score (nSPS) is 10.1. The zero-order valence-corrected chi connectivity index (χ0v) is 15.6. The summed E-state index contributed by atoms with van der Waals surface area (Å²) in [5.41, 5.74) is 0.544. The average Bonchev–Trinajstić information content (AvgIpc) is 2.70. The van der Waals surface area contributed by atoms with Crippen molar-refractivity contribution in [2.45, 2.75) is 11.5 Å². The van der Waals surface area contributed by atoms with Gasteiger partial charge in [0.2, 0.25) is 0 Å². The number of methoxy groups -OCH3 is 1. The predicted molar refractivity (Wildman–Crippen MR) is 100 cm³/mol. The first-order chi connectivity index (χ1) is 12.9. The fourth-order valence-corrected chi connectivity index (χ4v) is 2.57. The van der Waals surface area contributed by atoms with Gasteiger partial charge < -0.3 is 14.8 Å². The molecule has 2 rings (SSSR count). The topological polar surface area (TPSA) is 108 Å². The molecule has 0 heterocycles. The fourth-order valence-electron chi connectivity index (χ4n) is 2.17. The van der Waals surface area contributed by atoms with Crippen molar-refractivity contribution < 1.29 is 24.0 Å². The van der Waals surface area contributed by atoms with Crippen LogP contribution >= 0.6 is 11.8 Å². The van der Waals surface area contributed by atoms with E-state index in [9.17, 15) is 19.7 Å². The maximum atomic E-state index is 12.1. The molecule has 0 spiro atoms. The number of benzene rings is 2. The predicted octanol–water partition coefficient (Wildman–Crippen LogP) is 2.80. The standard InChI is InChI=1S/C18H18N2O6S/c1-25-16-8-5-13(9-15(16)20(23)24)18(22)19-10-17(21)26-11-12-3-6-14(27-2)7-4-12/h3-9H,10-11H2,1-2H3,(H,19,22). The van der Waals surface area contributed by atoms with Crippen molar-refractivity contribution in [2.75, 3.05) is 19.9 Å². The maximum Gasteiger partial charge on any atom is 0.325 e. The van der Waals surface area contributed by atoms with E-state index in [1.165, 1.54) is 19.2 Å². The van der Waals surface area contributed by atoms with Crippen LogP contribution in [0.4, 0.5) is 5.69 Å². The molecule has 2 aromatic rings. The summed E-state index contributed by atoms with van der Waals surface area (Å²) in [5.74, 6) is -1.19. The highest BCUT2D eigenvalue weighted by atomic mass is 32.2. The molecule has 0 atom stereocenters. The molecule has 0 radical (unpaired) electrons. The number of rotatable bonds is 8. The minimum Gasteiger partial charge on any atom is -0.490 e. The number of nitro groups is 1. The Kier molecular flexibility index (Phi) is 7.18. The van der Waals surface area contributed by atoms with Gasteiger partial charge in [-0.1, -0.05) is 12.1 Å². The van der Waals surface area contributed by atoms with Gasteiger partial charge in [0.15, 0.2) is 5.75 Å². The van der Waals surface area contributed by atoms with Gasteiger partial charge in [-0.05, 0) is 36.1 Å². The largest absolute Gasteiger partial charge is 0.490 e. The second kappa shape index (κ2) is 9.58. The summed E-state index contributed by atoms with van der Waals surface area (Å²) in [6, 6.07) is 11.3. The molecule has 0 saturated carbocycles. The van der Waals surface area contributed by atoms with Crippen LogP contribution < -0.4 is 10.1 Å². The van der Waals surface area contributed by atoms with Crippen LogP contribution in [0.1, 0.15) is 15.9 Å². The van der Waals surface area contributed by atoms with Gasteiger partial charge in [-0.3, -0.25) is 19.7 Å². The Bertz CT molecular complexity index is 838. The minimum atomic E-state index is -0.647. The number of ether oxygens (including phenoxy) is 2. The summed E-state index contributed by atoms with van der Waals surface area (Å²) in [6.45, 7) is -0.251. The van der Waals surface area contributed by atoms with E-state index >= 15 is 0 Å². The van der Waals surface area contributed by atoms with Crippen molar-refractivity contribution in [3.8, 4) is 5.75 Å². The monoisotopic (exact) mass is 390 g/mol. The highest BCUT2D eigenvalue weighted by Gasteiger charge is 2.18. The summed E-state index contributed by atoms with van der Waals surface area (Å²) in [6.07, 6.45) is 1.97. The Morgan fingerprint density at radius 1 is 1.19 bits per heavy atom. The summed E-state index contributed by atoms with van der Waals surface area (Å²) >= 11 is 1.61. The van der Waals surface area contributed by atoms with E-state index in [1.807, 2.05) is 30.5 Å². The third kappa shape index (κ3) is 5.71. The lowest BCUT2D eigenvalue weighted by Crippen LogP contribution is -2.30. The van der Waals surface area contributed by atoms with Crippen molar-refractivity contribution in [1.82, 2.24) is 5.32 Å². The van der Waals surface area contributed by atoms with E-state index in [1.54, 1.807) is 11.8 Å². The first-order valence-corrected chi connectivity index (χ1v) is 9.06. The molecule has 27 heavy (non-hydrogen) atoms. The Balaban J connectivity index is 1.88. The van der Waals surface area contributed by atoms with Crippen LogP contribution in [0.15, 0.2) is 47.4 Å². The molecule has 0 bridgehead atoms. The number of hydrogen-bond acceptors (Lipinski definition) is 7.